The largest absolute Gasteiger partial charge is 0.508 e. The van der Waals surface area contributed by atoms with Gasteiger partial charge < -0.3 is 15.2 Å². The first kappa shape index (κ1) is 14.0. The molecule has 0 saturated heterocycles. The highest BCUT2D eigenvalue weighted by atomic mass is 16.5. The molecule has 0 radical (unpaired) electrons. The third-order valence-corrected chi connectivity index (χ3v) is 4.01. The van der Waals surface area contributed by atoms with Gasteiger partial charge in [0.2, 0.25) is 0 Å². The second kappa shape index (κ2) is 6.19. The van der Waals surface area contributed by atoms with E-state index in [-0.39, 0.29) is 0 Å². The number of hydrogen-bond acceptors (Lipinski definition) is 3. The van der Waals surface area contributed by atoms with E-state index in [9.17, 15) is 5.11 Å². The van der Waals surface area contributed by atoms with Crippen LogP contribution in [0.2, 0.25) is 0 Å². The number of aromatic hydroxyl groups is 1. The molecule has 3 nitrogen and oxygen atoms in total. The third-order valence-electron chi connectivity index (χ3n) is 4.01. The quantitative estimate of drug-likeness (QED) is 0.881. The molecule has 2 N–H and O–H groups in total. The highest BCUT2D eigenvalue weighted by molar-refractivity contribution is 5.40. The zero-order chi connectivity index (χ0) is 14.7. The molecular formula is C18H21NO2. The Labute approximate surface area is 125 Å². The van der Waals surface area contributed by atoms with Crippen LogP contribution in [0.25, 0.3) is 0 Å². The maximum atomic E-state index is 9.32. The van der Waals surface area contributed by atoms with Crippen molar-refractivity contribution in [2.45, 2.75) is 32.4 Å². The SMILES string of the molecule is CCC(NCc1ccc(O)cc1)c1ccc2c(c1)CCO2. The van der Waals surface area contributed by atoms with Crippen LogP contribution < -0.4 is 10.1 Å². The van der Waals surface area contributed by atoms with Crippen molar-refractivity contribution < 1.29 is 9.84 Å². The zero-order valence-corrected chi connectivity index (χ0v) is 12.3. The lowest BCUT2D eigenvalue weighted by Crippen LogP contribution is -2.20. The second-order valence-electron chi connectivity index (χ2n) is 5.47. The van der Waals surface area contributed by atoms with Crippen molar-refractivity contribution >= 4 is 0 Å². The smallest absolute Gasteiger partial charge is 0.122 e. The van der Waals surface area contributed by atoms with Gasteiger partial charge in [0.15, 0.2) is 0 Å². The predicted molar refractivity (Wildman–Crippen MR) is 83.6 cm³/mol. The zero-order valence-electron chi connectivity index (χ0n) is 12.3. The fraction of sp³-hybridized carbons (Fsp3) is 0.333. The number of nitrogens with one attached hydrogen (secondary N) is 1. The van der Waals surface area contributed by atoms with E-state index < -0.39 is 0 Å². The number of rotatable bonds is 5. The average molecular weight is 283 g/mol. The molecule has 1 unspecified atom stereocenters. The molecule has 0 aromatic heterocycles. The Morgan fingerprint density at radius 2 is 2.00 bits per heavy atom. The topological polar surface area (TPSA) is 41.5 Å². The highest BCUT2D eigenvalue weighted by Crippen LogP contribution is 2.29. The number of benzene rings is 2. The molecule has 1 aliphatic heterocycles. The van der Waals surface area contributed by atoms with Crippen LogP contribution in [0, 0.1) is 0 Å². The summed E-state index contributed by atoms with van der Waals surface area (Å²) in [7, 11) is 0. The predicted octanol–water partition coefficient (Wildman–Crippen LogP) is 3.57. The summed E-state index contributed by atoms with van der Waals surface area (Å²) in [5, 5.41) is 12.9. The molecular weight excluding hydrogens is 262 g/mol. The van der Waals surface area contributed by atoms with Crippen molar-refractivity contribution in [3.05, 3.63) is 59.2 Å². The van der Waals surface area contributed by atoms with E-state index in [1.807, 2.05) is 12.1 Å². The summed E-state index contributed by atoms with van der Waals surface area (Å²) in [6.07, 6.45) is 2.05. The normalized spacial score (nSPS) is 14.5. The lowest BCUT2D eigenvalue weighted by molar-refractivity contribution is 0.356. The van der Waals surface area contributed by atoms with Gasteiger partial charge in [0.25, 0.3) is 0 Å². The van der Waals surface area contributed by atoms with Crippen LogP contribution >= 0.6 is 0 Å². The van der Waals surface area contributed by atoms with Gasteiger partial charge >= 0.3 is 0 Å². The summed E-state index contributed by atoms with van der Waals surface area (Å²) in [6, 6.07) is 14.2. The monoisotopic (exact) mass is 283 g/mol. The van der Waals surface area contributed by atoms with Crippen LogP contribution in [0.5, 0.6) is 11.5 Å². The lowest BCUT2D eigenvalue weighted by atomic mass is 10.0. The first-order chi connectivity index (χ1) is 10.3. The standard InChI is InChI=1S/C18H21NO2/c1-2-17(19-12-13-3-6-16(20)7-4-13)14-5-8-18-15(11-14)9-10-21-18/h3-8,11,17,19-20H,2,9-10,12H2,1H3. The molecule has 0 amide bonds. The summed E-state index contributed by atoms with van der Waals surface area (Å²) in [5.41, 5.74) is 3.81. The Hall–Kier alpha value is -2.00. The average Bonchev–Trinajstić information content (AvgIpc) is 2.97. The Morgan fingerprint density at radius 1 is 1.19 bits per heavy atom. The molecule has 0 spiro atoms. The molecule has 3 rings (SSSR count). The van der Waals surface area contributed by atoms with Crippen molar-refractivity contribution in [3.63, 3.8) is 0 Å². The first-order valence-corrected chi connectivity index (χ1v) is 7.53. The van der Waals surface area contributed by atoms with Crippen LogP contribution in [0.15, 0.2) is 42.5 Å². The summed E-state index contributed by atoms with van der Waals surface area (Å²) < 4.78 is 5.56. The van der Waals surface area contributed by atoms with Gasteiger partial charge in [-0.3, -0.25) is 0 Å². The van der Waals surface area contributed by atoms with Crippen molar-refractivity contribution in [2.75, 3.05) is 6.61 Å². The highest BCUT2D eigenvalue weighted by Gasteiger charge is 2.15. The minimum Gasteiger partial charge on any atom is -0.508 e. The Balaban J connectivity index is 1.68. The Bertz CT molecular complexity index is 607. The maximum absolute atomic E-state index is 9.32. The number of hydrogen-bond donors (Lipinski definition) is 2. The van der Waals surface area contributed by atoms with Gasteiger partial charge in [-0.2, -0.15) is 0 Å². The van der Waals surface area contributed by atoms with Crippen molar-refractivity contribution in [1.82, 2.24) is 5.32 Å². The Morgan fingerprint density at radius 3 is 2.76 bits per heavy atom. The van der Waals surface area contributed by atoms with Gasteiger partial charge in [0.1, 0.15) is 11.5 Å². The maximum Gasteiger partial charge on any atom is 0.122 e. The summed E-state index contributed by atoms with van der Waals surface area (Å²) in [6.45, 7) is 3.79. The number of phenols is 1. The molecule has 1 atom stereocenters. The summed E-state index contributed by atoms with van der Waals surface area (Å²) in [5.74, 6) is 1.34. The fourth-order valence-electron chi connectivity index (χ4n) is 2.78. The molecule has 0 saturated carbocycles. The van der Waals surface area contributed by atoms with Crippen LogP contribution in [-0.4, -0.2) is 11.7 Å². The second-order valence-corrected chi connectivity index (χ2v) is 5.47. The molecule has 0 aliphatic carbocycles. The molecule has 0 bridgehead atoms. The van der Waals surface area contributed by atoms with Crippen molar-refractivity contribution in [1.29, 1.82) is 0 Å². The third kappa shape index (κ3) is 3.19. The van der Waals surface area contributed by atoms with Crippen LogP contribution in [0.3, 0.4) is 0 Å². The van der Waals surface area contributed by atoms with Gasteiger partial charge in [-0.1, -0.05) is 31.2 Å². The minimum absolute atomic E-state index is 0.310. The van der Waals surface area contributed by atoms with E-state index in [1.165, 1.54) is 16.7 Å². The molecule has 1 aliphatic rings. The summed E-state index contributed by atoms with van der Waals surface area (Å²) in [4.78, 5) is 0. The van der Waals surface area contributed by atoms with E-state index in [0.29, 0.717) is 11.8 Å². The molecule has 2 aromatic rings. The van der Waals surface area contributed by atoms with Crippen molar-refractivity contribution in [3.8, 4) is 11.5 Å². The van der Waals surface area contributed by atoms with Gasteiger partial charge in [-0.15, -0.1) is 0 Å². The first-order valence-electron chi connectivity index (χ1n) is 7.53. The van der Waals surface area contributed by atoms with Crippen LogP contribution in [0.4, 0.5) is 0 Å². The van der Waals surface area contributed by atoms with Gasteiger partial charge in [-0.05, 0) is 41.3 Å². The Kier molecular flexibility index (Phi) is 4.11. The summed E-state index contributed by atoms with van der Waals surface area (Å²) >= 11 is 0. The van der Waals surface area contributed by atoms with E-state index in [4.69, 9.17) is 4.74 Å². The molecule has 2 aromatic carbocycles. The molecule has 3 heteroatoms. The van der Waals surface area contributed by atoms with Gasteiger partial charge in [-0.25, -0.2) is 0 Å². The minimum atomic E-state index is 0.310. The van der Waals surface area contributed by atoms with E-state index in [0.717, 1.165) is 31.7 Å². The van der Waals surface area contributed by atoms with Gasteiger partial charge in [0, 0.05) is 19.0 Å². The number of phenolic OH excluding ortho intramolecular Hbond substituents is 1. The number of fused-ring (bicyclic) bond motifs is 1. The lowest BCUT2D eigenvalue weighted by Gasteiger charge is -2.18. The molecule has 21 heavy (non-hydrogen) atoms. The fourth-order valence-corrected chi connectivity index (χ4v) is 2.78. The molecule has 0 fully saturated rings. The van der Waals surface area contributed by atoms with E-state index in [1.54, 1.807) is 12.1 Å². The van der Waals surface area contributed by atoms with Gasteiger partial charge in [0.05, 0.1) is 6.61 Å². The molecule has 110 valence electrons. The molecule has 1 heterocycles. The number of ether oxygens (including phenoxy) is 1. The van der Waals surface area contributed by atoms with E-state index >= 15 is 0 Å². The van der Waals surface area contributed by atoms with Crippen molar-refractivity contribution in [2.24, 2.45) is 0 Å². The van der Waals surface area contributed by atoms with Crippen LogP contribution in [0.1, 0.15) is 36.1 Å². The van der Waals surface area contributed by atoms with Crippen LogP contribution in [-0.2, 0) is 13.0 Å². The van der Waals surface area contributed by atoms with E-state index in [2.05, 4.69) is 30.4 Å².